The summed E-state index contributed by atoms with van der Waals surface area (Å²) < 4.78 is 45.0. The molecule has 38 heavy (non-hydrogen) atoms. The Labute approximate surface area is 216 Å². The molecule has 0 aliphatic carbocycles. The zero-order valence-corrected chi connectivity index (χ0v) is 20.6. The molecule has 0 aromatic heterocycles. The summed E-state index contributed by atoms with van der Waals surface area (Å²) in [4.78, 5) is 49.2. The highest BCUT2D eigenvalue weighted by molar-refractivity contribution is 5.95. The minimum Gasteiger partial charge on any atom is -0.475 e. The average molecular weight is 541 g/mol. The Kier molecular flexibility index (Phi) is 11.2. The molecule has 1 fully saturated rings. The van der Waals surface area contributed by atoms with Crippen LogP contribution in [0.3, 0.4) is 0 Å². The van der Waals surface area contributed by atoms with Gasteiger partial charge in [0.25, 0.3) is 5.91 Å². The maximum atomic E-state index is 13.3. The fourth-order valence-electron chi connectivity index (χ4n) is 3.45. The standard InChI is InChI=1S/C23H27FN4O3.C2HF3O2/c1-17(29)26-21-8-4-19(5-9-21)23(31)28(16-18-2-6-20(24)7-3-18)13-10-22(30)27-14-11-25-12-15-27;3-2(4,5)1(6)7/h2-9,25H,10-16H2,1H3,(H,26,29);(H,6,7). The lowest BCUT2D eigenvalue weighted by atomic mass is 10.1. The van der Waals surface area contributed by atoms with Crippen LogP contribution in [0.25, 0.3) is 0 Å². The van der Waals surface area contributed by atoms with E-state index in [0.717, 1.165) is 18.7 Å². The Balaban J connectivity index is 0.000000638. The second-order valence-corrected chi connectivity index (χ2v) is 8.30. The number of carbonyl (C=O) groups is 4. The largest absolute Gasteiger partial charge is 0.490 e. The van der Waals surface area contributed by atoms with Crippen LogP contribution in [0, 0.1) is 5.82 Å². The quantitative estimate of drug-likeness (QED) is 0.465. The molecule has 0 spiro atoms. The Morgan fingerprint density at radius 2 is 1.55 bits per heavy atom. The van der Waals surface area contributed by atoms with Gasteiger partial charge in [-0.25, -0.2) is 9.18 Å². The van der Waals surface area contributed by atoms with E-state index in [1.54, 1.807) is 46.2 Å². The van der Waals surface area contributed by atoms with Crippen LogP contribution in [-0.4, -0.2) is 77.5 Å². The third kappa shape index (κ3) is 10.2. The minimum atomic E-state index is -5.08. The number of hydrogen-bond donors (Lipinski definition) is 3. The van der Waals surface area contributed by atoms with Gasteiger partial charge >= 0.3 is 12.1 Å². The number of anilines is 1. The molecule has 3 amide bonds. The van der Waals surface area contributed by atoms with Crippen molar-refractivity contribution in [2.75, 3.05) is 38.0 Å². The SMILES string of the molecule is CC(=O)Nc1ccc(C(=O)N(CCC(=O)N2CCNCC2)Cc2ccc(F)cc2)cc1.O=C(O)C(F)(F)F. The molecule has 1 aliphatic heterocycles. The van der Waals surface area contributed by atoms with Gasteiger partial charge in [0.2, 0.25) is 11.8 Å². The van der Waals surface area contributed by atoms with E-state index in [1.807, 2.05) is 0 Å². The first-order chi connectivity index (χ1) is 17.9. The smallest absolute Gasteiger partial charge is 0.475 e. The van der Waals surface area contributed by atoms with Gasteiger partial charge < -0.3 is 25.5 Å². The van der Waals surface area contributed by atoms with Crippen molar-refractivity contribution < 1.29 is 41.8 Å². The minimum absolute atomic E-state index is 0.0133. The molecular formula is C25H28F4N4O5. The van der Waals surface area contributed by atoms with Gasteiger partial charge in [0.15, 0.2) is 0 Å². The number of benzene rings is 2. The molecule has 13 heteroatoms. The summed E-state index contributed by atoms with van der Waals surface area (Å²) in [6, 6.07) is 12.6. The lowest BCUT2D eigenvalue weighted by Crippen LogP contribution is -2.47. The summed E-state index contributed by atoms with van der Waals surface area (Å²) in [6.45, 7) is 4.80. The number of hydrogen-bond acceptors (Lipinski definition) is 5. The van der Waals surface area contributed by atoms with Gasteiger partial charge in [0.05, 0.1) is 0 Å². The predicted octanol–water partition coefficient (Wildman–Crippen LogP) is 2.88. The number of amides is 3. The summed E-state index contributed by atoms with van der Waals surface area (Å²) in [5, 5.41) is 13.0. The average Bonchev–Trinajstić information content (AvgIpc) is 2.87. The number of rotatable bonds is 7. The highest BCUT2D eigenvalue weighted by atomic mass is 19.4. The molecule has 0 atom stereocenters. The third-order valence-corrected chi connectivity index (χ3v) is 5.33. The van der Waals surface area contributed by atoms with Crippen molar-refractivity contribution in [1.82, 2.24) is 15.1 Å². The van der Waals surface area contributed by atoms with Crippen LogP contribution in [0.5, 0.6) is 0 Å². The van der Waals surface area contributed by atoms with E-state index in [9.17, 15) is 31.9 Å². The maximum Gasteiger partial charge on any atom is 0.490 e. The number of carboxylic acids is 1. The first kappa shape index (κ1) is 30.2. The molecule has 1 heterocycles. The molecule has 3 rings (SSSR count). The highest BCUT2D eigenvalue weighted by Crippen LogP contribution is 2.16. The Morgan fingerprint density at radius 1 is 1.00 bits per heavy atom. The summed E-state index contributed by atoms with van der Waals surface area (Å²) >= 11 is 0. The molecule has 0 bridgehead atoms. The van der Waals surface area contributed by atoms with Gasteiger partial charge in [-0.2, -0.15) is 13.2 Å². The van der Waals surface area contributed by atoms with E-state index in [1.165, 1.54) is 19.1 Å². The number of carboxylic acid groups (broad SMARTS) is 1. The fraction of sp³-hybridized carbons (Fsp3) is 0.360. The topological polar surface area (TPSA) is 119 Å². The Morgan fingerprint density at radius 3 is 2.05 bits per heavy atom. The van der Waals surface area contributed by atoms with Crippen molar-refractivity contribution >= 4 is 29.4 Å². The summed E-state index contributed by atoms with van der Waals surface area (Å²) in [5.74, 6) is -3.51. The molecule has 9 nitrogen and oxygen atoms in total. The number of nitrogens with one attached hydrogen (secondary N) is 2. The van der Waals surface area contributed by atoms with Crippen LogP contribution in [0.1, 0.15) is 29.3 Å². The predicted molar refractivity (Wildman–Crippen MR) is 130 cm³/mol. The molecule has 0 radical (unpaired) electrons. The number of halogens is 4. The number of carbonyl (C=O) groups excluding carboxylic acids is 3. The van der Waals surface area contributed by atoms with Gasteiger partial charge in [-0.15, -0.1) is 0 Å². The van der Waals surface area contributed by atoms with E-state index < -0.39 is 12.1 Å². The lowest BCUT2D eigenvalue weighted by Gasteiger charge is -2.29. The first-order valence-electron chi connectivity index (χ1n) is 11.6. The summed E-state index contributed by atoms with van der Waals surface area (Å²) in [7, 11) is 0. The van der Waals surface area contributed by atoms with Crippen LogP contribution in [0.4, 0.5) is 23.2 Å². The number of aliphatic carboxylic acids is 1. The Bertz CT molecular complexity index is 1100. The van der Waals surface area contributed by atoms with Gasteiger partial charge in [-0.3, -0.25) is 14.4 Å². The third-order valence-electron chi connectivity index (χ3n) is 5.33. The molecule has 0 saturated carbocycles. The van der Waals surface area contributed by atoms with E-state index in [0.29, 0.717) is 24.3 Å². The number of nitrogens with zero attached hydrogens (tertiary/aromatic N) is 2. The molecule has 1 saturated heterocycles. The van der Waals surface area contributed by atoms with Crippen LogP contribution < -0.4 is 10.6 Å². The number of piperazine rings is 1. The van der Waals surface area contributed by atoms with Crippen molar-refractivity contribution in [2.24, 2.45) is 0 Å². The van der Waals surface area contributed by atoms with Crippen molar-refractivity contribution in [2.45, 2.75) is 26.1 Å². The fourth-order valence-corrected chi connectivity index (χ4v) is 3.45. The van der Waals surface area contributed by atoms with Crippen molar-refractivity contribution in [3.63, 3.8) is 0 Å². The van der Waals surface area contributed by atoms with Crippen molar-refractivity contribution in [3.8, 4) is 0 Å². The van der Waals surface area contributed by atoms with Crippen molar-refractivity contribution in [3.05, 3.63) is 65.5 Å². The van der Waals surface area contributed by atoms with Gasteiger partial charge in [0, 0.05) is 63.9 Å². The summed E-state index contributed by atoms with van der Waals surface area (Å²) in [6.07, 6.45) is -4.86. The van der Waals surface area contributed by atoms with Crippen LogP contribution in [-0.2, 0) is 20.9 Å². The second kappa shape index (κ2) is 14.1. The van der Waals surface area contributed by atoms with E-state index >= 15 is 0 Å². The molecule has 2 aromatic rings. The molecule has 206 valence electrons. The van der Waals surface area contributed by atoms with Gasteiger partial charge in [0.1, 0.15) is 5.82 Å². The lowest BCUT2D eigenvalue weighted by molar-refractivity contribution is -0.192. The zero-order valence-electron chi connectivity index (χ0n) is 20.6. The molecule has 1 aliphatic rings. The first-order valence-corrected chi connectivity index (χ1v) is 11.6. The van der Waals surface area contributed by atoms with Gasteiger partial charge in [-0.05, 0) is 42.0 Å². The second-order valence-electron chi connectivity index (χ2n) is 8.30. The Hall–Kier alpha value is -4.00. The highest BCUT2D eigenvalue weighted by Gasteiger charge is 2.38. The maximum absolute atomic E-state index is 13.3. The van der Waals surface area contributed by atoms with Gasteiger partial charge in [-0.1, -0.05) is 12.1 Å². The number of alkyl halides is 3. The van der Waals surface area contributed by atoms with E-state index in [2.05, 4.69) is 10.6 Å². The monoisotopic (exact) mass is 540 g/mol. The van der Waals surface area contributed by atoms with Crippen LogP contribution in [0.2, 0.25) is 0 Å². The van der Waals surface area contributed by atoms with Crippen LogP contribution in [0.15, 0.2) is 48.5 Å². The normalized spacial score (nSPS) is 13.1. The zero-order chi connectivity index (χ0) is 28.3. The summed E-state index contributed by atoms with van der Waals surface area (Å²) in [5.41, 5.74) is 1.83. The van der Waals surface area contributed by atoms with Crippen LogP contribution >= 0.6 is 0 Å². The molecule has 0 unspecified atom stereocenters. The van der Waals surface area contributed by atoms with Crippen molar-refractivity contribution in [1.29, 1.82) is 0 Å². The van der Waals surface area contributed by atoms with E-state index in [-0.39, 0.29) is 43.0 Å². The molecular weight excluding hydrogens is 512 g/mol. The molecule has 3 N–H and O–H groups in total. The molecule has 2 aromatic carbocycles. The van der Waals surface area contributed by atoms with E-state index in [4.69, 9.17) is 9.90 Å².